The van der Waals surface area contributed by atoms with E-state index in [1.165, 1.54) is 0 Å². The first kappa shape index (κ1) is 12.3. The largest absolute Gasteiger partial charge is 0.373 e. The lowest BCUT2D eigenvalue weighted by molar-refractivity contribution is -0.384. The molecule has 1 aromatic heterocycles. The summed E-state index contributed by atoms with van der Waals surface area (Å²) in [5.41, 5.74) is 2.80. The van der Waals surface area contributed by atoms with Gasteiger partial charge in [0, 0.05) is 24.6 Å². The number of rotatable bonds is 3. The fourth-order valence-corrected chi connectivity index (χ4v) is 2.08. The molecule has 2 rings (SSSR count). The summed E-state index contributed by atoms with van der Waals surface area (Å²) >= 11 is 0. The molecule has 1 aromatic carbocycles. The lowest BCUT2D eigenvalue weighted by Crippen LogP contribution is -2.00. The molecular weight excluding hydrogens is 230 g/mol. The molecule has 0 aliphatic carbocycles. The minimum Gasteiger partial charge on any atom is -0.373 e. The summed E-state index contributed by atoms with van der Waals surface area (Å²) in [7, 11) is 1.83. The summed E-state index contributed by atoms with van der Waals surface area (Å²) in [4.78, 5) is 15.0. The molecule has 1 N–H and O–H groups in total. The molecule has 0 saturated carbocycles. The highest BCUT2D eigenvalue weighted by molar-refractivity contribution is 5.86. The molecule has 2 aromatic rings. The Bertz CT molecular complexity index is 623. The average molecular weight is 245 g/mol. The number of nitrogens with one attached hydrogen (secondary N) is 1. The molecule has 5 nitrogen and oxygen atoms in total. The van der Waals surface area contributed by atoms with Crippen LogP contribution in [0.15, 0.2) is 18.2 Å². The fourth-order valence-electron chi connectivity index (χ4n) is 2.08. The van der Waals surface area contributed by atoms with Crippen LogP contribution < -0.4 is 5.32 Å². The van der Waals surface area contributed by atoms with Gasteiger partial charge in [-0.15, -0.1) is 0 Å². The van der Waals surface area contributed by atoms with Crippen molar-refractivity contribution in [1.82, 2.24) is 4.98 Å². The SMILES string of the molecule is CCc1cc2cc([N+](=O)[O-])cc(C)c2nc1NC. The molecule has 0 saturated heterocycles. The Kier molecular flexibility index (Phi) is 3.14. The molecule has 94 valence electrons. The second-order valence-corrected chi connectivity index (χ2v) is 4.19. The molecule has 0 atom stereocenters. The van der Waals surface area contributed by atoms with Crippen molar-refractivity contribution in [2.75, 3.05) is 12.4 Å². The van der Waals surface area contributed by atoms with Gasteiger partial charge in [-0.3, -0.25) is 10.1 Å². The second-order valence-electron chi connectivity index (χ2n) is 4.19. The fraction of sp³-hybridized carbons (Fsp3) is 0.308. The molecule has 0 amide bonds. The van der Waals surface area contributed by atoms with Gasteiger partial charge in [-0.25, -0.2) is 4.98 Å². The summed E-state index contributed by atoms with van der Waals surface area (Å²) < 4.78 is 0. The number of hydrogen-bond donors (Lipinski definition) is 1. The van der Waals surface area contributed by atoms with Gasteiger partial charge in [0.25, 0.3) is 5.69 Å². The minimum atomic E-state index is -0.371. The summed E-state index contributed by atoms with van der Waals surface area (Å²) in [6, 6.07) is 5.10. The lowest BCUT2D eigenvalue weighted by Gasteiger charge is -2.09. The maximum Gasteiger partial charge on any atom is 0.270 e. The van der Waals surface area contributed by atoms with Gasteiger partial charge < -0.3 is 5.32 Å². The third-order valence-electron chi connectivity index (χ3n) is 3.00. The van der Waals surface area contributed by atoms with Crippen molar-refractivity contribution in [1.29, 1.82) is 0 Å². The summed E-state index contributed by atoms with van der Waals surface area (Å²) in [6.45, 7) is 3.88. The third kappa shape index (κ3) is 1.99. The summed E-state index contributed by atoms with van der Waals surface area (Å²) in [5, 5.41) is 14.7. The van der Waals surface area contributed by atoms with Crippen LogP contribution in [-0.4, -0.2) is 17.0 Å². The number of pyridine rings is 1. The van der Waals surface area contributed by atoms with Crippen LogP contribution in [0, 0.1) is 17.0 Å². The van der Waals surface area contributed by atoms with Crippen LogP contribution in [-0.2, 0) is 6.42 Å². The molecular formula is C13H15N3O2. The van der Waals surface area contributed by atoms with Gasteiger partial charge in [-0.1, -0.05) is 6.92 Å². The Balaban J connectivity index is 2.76. The monoisotopic (exact) mass is 245 g/mol. The number of aromatic nitrogens is 1. The van der Waals surface area contributed by atoms with E-state index in [0.29, 0.717) is 0 Å². The van der Waals surface area contributed by atoms with E-state index in [0.717, 1.165) is 34.3 Å². The highest BCUT2D eigenvalue weighted by Gasteiger charge is 2.12. The van der Waals surface area contributed by atoms with E-state index in [1.807, 2.05) is 27.0 Å². The molecule has 0 radical (unpaired) electrons. The third-order valence-corrected chi connectivity index (χ3v) is 3.00. The van der Waals surface area contributed by atoms with Gasteiger partial charge in [0.2, 0.25) is 0 Å². The zero-order valence-electron chi connectivity index (χ0n) is 10.7. The molecule has 5 heteroatoms. The predicted molar refractivity (Wildman–Crippen MR) is 72.1 cm³/mol. The van der Waals surface area contributed by atoms with Crippen LogP contribution in [0.4, 0.5) is 11.5 Å². The molecule has 0 aliphatic rings. The Morgan fingerprint density at radius 1 is 1.39 bits per heavy atom. The van der Waals surface area contributed by atoms with Crippen molar-refractivity contribution >= 4 is 22.4 Å². The van der Waals surface area contributed by atoms with E-state index in [9.17, 15) is 10.1 Å². The molecule has 1 heterocycles. The van der Waals surface area contributed by atoms with Crippen LogP contribution in [0.25, 0.3) is 10.9 Å². The Labute approximate surface area is 105 Å². The number of anilines is 1. The van der Waals surface area contributed by atoms with Gasteiger partial charge in [0.15, 0.2) is 0 Å². The number of non-ortho nitro benzene ring substituents is 1. The van der Waals surface area contributed by atoms with Crippen molar-refractivity contribution in [2.45, 2.75) is 20.3 Å². The normalized spacial score (nSPS) is 10.6. The number of benzene rings is 1. The molecule has 0 fully saturated rings. The van der Waals surface area contributed by atoms with Gasteiger partial charge in [0.1, 0.15) is 5.82 Å². The maximum absolute atomic E-state index is 10.8. The zero-order chi connectivity index (χ0) is 13.3. The smallest absolute Gasteiger partial charge is 0.270 e. The standard InChI is InChI=1S/C13H15N3O2/c1-4-9-6-10-7-11(16(17)18)5-8(2)12(10)15-13(9)14-3/h5-7H,4H2,1-3H3,(H,14,15). The van der Waals surface area contributed by atoms with Gasteiger partial charge in [-0.05, 0) is 30.5 Å². The van der Waals surface area contributed by atoms with Crippen LogP contribution in [0.3, 0.4) is 0 Å². The van der Waals surface area contributed by atoms with Crippen LogP contribution >= 0.6 is 0 Å². The lowest BCUT2D eigenvalue weighted by atomic mass is 10.1. The first-order valence-corrected chi connectivity index (χ1v) is 5.83. The van der Waals surface area contributed by atoms with E-state index in [1.54, 1.807) is 12.1 Å². The van der Waals surface area contributed by atoms with Gasteiger partial charge in [-0.2, -0.15) is 0 Å². The van der Waals surface area contributed by atoms with Crippen LogP contribution in [0.2, 0.25) is 0 Å². The van der Waals surface area contributed by atoms with E-state index in [-0.39, 0.29) is 10.6 Å². The van der Waals surface area contributed by atoms with Crippen LogP contribution in [0.5, 0.6) is 0 Å². The number of nitrogens with zero attached hydrogens (tertiary/aromatic N) is 2. The highest BCUT2D eigenvalue weighted by atomic mass is 16.6. The van der Waals surface area contributed by atoms with Crippen LogP contribution in [0.1, 0.15) is 18.1 Å². The van der Waals surface area contributed by atoms with Gasteiger partial charge >= 0.3 is 0 Å². The predicted octanol–water partition coefficient (Wildman–Crippen LogP) is 3.06. The molecule has 0 spiro atoms. The second kappa shape index (κ2) is 4.60. The zero-order valence-corrected chi connectivity index (χ0v) is 10.7. The van der Waals surface area contributed by atoms with Crippen molar-refractivity contribution in [2.24, 2.45) is 0 Å². The Morgan fingerprint density at radius 2 is 2.11 bits per heavy atom. The first-order valence-electron chi connectivity index (χ1n) is 5.83. The van der Waals surface area contributed by atoms with E-state index in [4.69, 9.17) is 0 Å². The first-order chi connectivity index (χ1) is 8.56. The van der Waals surface area contributed by atoms with Crippen molar-refractivity contribution in [3.63, 3.8) is 0 Å². The molecule has 0 bridgehead atoms. The summed E-state index contributed by atoms with van der Waals surface area (Å²) in [5.74, 6) is 0.835. The number of nitro benzene ring substituents is 1. The Hall–Kier alpha value is -2.17. The highest BCUT2D eigenvalue weighted by Crippen LogP contribution is 2.27. The van der Waals surface area contributed by atoms with E-state index in [2.05, 4.69) is 10.3 Å². The van der Waals surface area contributed by atoms with Crippen molar-refractivity contribution < 1.29 is 4.92 Å². The van der Waals surface area contributed by atoms with E-state index >= 15 is 0 Å². The van der Waals surface area contributed by atoms with Crippen molar-refractivity contribution in [3.05, 3.63) is 39.4 Å². The quantitative estimate of drug-likeness (QED) is 0.666. The number of hydrogen-bond acceptors (Lipinski definition) is 4. The van der Waals surface area contributed by atoms with Crippen molar-refractivity contribution in [3.8, 4) is 0 Å². The summed E-state index contributed by atoms with van der Waals surface area (Å²) in [6.07, 6.45) is 0.834. The molecule has 0 unspecified atom stereocenters. The number of nitro groups is 1. The molecule has 0 aliphatic heterocycles. The van der Waals surface area contributed by atoms with E-state index < -0.39 is 0 Å². The number of fused-ring (bicyclic) bond motifs is 1. The topological polar surface area (TPSA) is 68.1 Å². The minimum absolute atomic E-state index is 0.112. The number of aryl methyl sites for hydroxylation is 2. The van der Waals surface area contributed by atoms with Gasteiger partial charge in [0.05, 0.1) is 10.4 Å². The molecule has 18 heavy (non-hydrogen) atoms. The maximum atomic E-state index is 10.8. The average Bonchev–Trinajstić information content (AvgIpc) is 2.36. The Morgan fingerprint density at radius 3 is 2.67 bits per heavy atom.